The number of aromatic nitrogens is 1. The van der Waals surface area contributed by atoms with Crippen LogP contribution in [0, 0.1) is 0 Å². The fraction of sp³-hybridized carbons (Fsp3) is 0.526. The Labute approximate surface area is 138 Å². The van der Waals surface area contributed by atoms with Gasteiger partial charge in [-0.05, 0) is 37.4 Å². The third kappa shape index (κ3) is 4.58. The Balaban J connectivity index is 1.33. The van der Waals surface area contributed by atoms with E-state index in [2.05, 4.69) is 40.0 Å². The SMILES string of the molecule is O=C(CCNCCc1c[nH]c2ccccc12)NC1CCCCC1. The van der Waals surface area contributed by atoms with E-state index in [0.717, 1.165) is 32.4 Å². The Kier molecular flexibility index (Phi) is 5.70. The molecule has 1 amide bonds. The van der Waals surface area contributed by atoms with Crippen LogP contribution in [0.4, 0.5) is 0 Å². The molecule has 0 atom stereocenters. The Bertz CT molecular complexity index is 628. The topological polar surface area (TPSA) is 56.9 Å². The van der Waals surface area contributed by atoms with Crippen molar-refractivity contribution in [2.75, 3.05) is 13.1 Å². The largest absolute Gasteiger partial charge is 0.361 e. The van der Waals surface area contributed by atoms with E-state index >= 15 is 0 Å². The molecule has 23 heavy (non-hydrogen) atoms. The fourth-order valence-electron chi connectivity index (χ4n) is 3.44. The molecule has 1 heterocycles. The van der Waals surface area contributed by atoms with Crippen LogP contribution in [0.25, 0.3) is 10.9 Å². The minimum Gasteiger partial charge on any atom is -0.361 e. The Morgan fingerprint density at radius 2 is 1.96 bits per heavy atom. The van der Waals surface area contributed by atoms with Crippen LogP contribution in [0.15, 0.2) is 30.5 Å². The summed E-state index contributed by atoms with van der Waals surface area (Å²) in [6, 6.07) is 8.79. The third-order valence-electron chi connectivity index (χ3n) is 4.75. The molecule has 1 aliphatic carbocycles. The summed E-state index contributed by atoms with van der Waals surface area (Å²) in [5.74, 6) is 0.191. The molecular weight excluding hydrogens is 286 g/mol. The van der Waals surface area contributed by atoms with Gasteiger partial charge in [0.05, 0.1) is 0 Å². The monoisotopic (exact) mass is 313 g/mol. The maximum absolute atomic E-state index is 11.9. The maximum Gasteiger partial charge on any atom is 0.221 e. The molecular formula is C19H27N3O. The molecule has 4 heteroatoms. The lowest BCUT2D eigenvalue weighted by Gasteiger charge is -2.22. The number of benzene rings is 1. The number of para-hydroxylation sites is 1. The van der Waals surface area contributed by atoms with Crippen molar-refractivity contribution in [2.24, 2.45) is 0 Å². The highest BCUT2D eigenvalue weighted by Gasteiger charge is 2.15. The number of hydrogen-bond donors (Lipinski definition) is 3. The van der Waals surface area contributed by atoms with Crippen LogP contribution in [-0.4, -0.2) is 30.0 Å². The summed E-state index contributed by atoms with van der Waals surface area (Å²) < 4.78 is 0. The average molecular weight is 313 g/mol. The van der Waals surface area contributed by atoms with Gasteiger partial charge in [-0.15, -0.1) is 0 Å². The number of rotatable bonds is 7. The van der Waals surface area contributed by atoms with Gasteiger partial charge in [-0.1, -0.05) is 37.5 Å². The molecule has 3 rings (SSSR count). The van der Waals surface area contributed by atoms with Crippen LogP contribution >= 0.6 is 0 Å². The zero-order valence-electron chi connectivity index (χ0n) is 13.7. The molecule has 1 fully saturated rings. The van der Waals surface area contributed by atoms with E-state index in [1.54, 1.807) is 0 Å². The highest BCUT2D eigenvalue weighted by molar-refractivity contribution is 5.83. The second kappa shape index (κ2) is 8.16. The van der Waals surface area contributed by atoms with Gasteiger partial charge in [0.25, 0.3) is 0 Å². The third-order valence-corrected chi connectivity index (χ3v) is 4.75. The molecule has 3 N–H and O–H groups in total. The zero-order valence-corrected chi connectivity index (χ0v) is 13.7. The van der Waals surface area contributed by atoms with Gasteiger partial charge in [0.1, 0.15) is 0 Å². The molecule has 1 aliphatic rings. The quantitative estimate of drug-likeness (QED) is 0.688. The van der Waals surface area contributed by atoms with Gasteiger partial charge in [0, 0.05) is 36.1 Å². The first-order valence-corrected chi connectivity index (χ1v) is 8.88. The summed E-state index contributed by atoms with van der Waals surface area (Å²) >= 11 is 0. The molecule has 1 aromatic heterocycles. The molecule has 4 nitrogen and oxygen atoms in total. The van der Waals surface area contributed by atoms with Crippen LogP contribution in [0.5, 0.6) is 0 Å². The maximum atomic E-state index is 11.9. The van der Waals surface area contributed by atoms with E-state index in [-0.39, 0.29) is 5.91 Å². The summed E-state index contributed by atoms with van der Waals surface area (Å²) in [4.78, 5) is 15.2. The molecule has 1 aromatic carbocycles. The Morgan fingerprint density at radius 1 is 1.13 bits per heavy atom. The average Bonchev–Trinajstić information content (AvgIpc) is 2.99. The van der Waals surface area contributed by atoms with Crippen molar-refractivity contribution >= 4 is 16.8 Å². The first kappa shape index (κ1) is 16.1. The van der Waals surface area contributed by atoms with Gasteiger partial charge in [-0.3, -0.25) is 4.79 Å². The van der Waals surface area contributed by atoms with E-state index in [1.165, 1.54) is 35.7 Å². The lowest BCUT2D eigenvalue weighted by Crippen LogP contribution is -2.37. The minimum atomic E-state index is 0.191. The van der Waals surface area contributed by atoms with Crippen molar-refractivity contribution in [3.05, 3.63) is 36.0 Å². The number of aromatic amines is 1. The van der Waals surface area contributed by atoms with Gasteiger partial charge in [0.2, 0.25) is 5.91 Å². The number of H-pyrrole nitrogens is 1. The van der Waals surface area contributed by atoms with E-state index in [4.69, 9.17) is 0 Å². The minimum absolute atomic E-state index is 0.191. The van der Waals surface area contributed by atoms with Crippen molar-refractivity contribution < 1.29 is 4.79 Å². The predicted molar refractivity (Wildman–Crippen MR) is 94.5 cm³/mol. The Morgan fingerprint density at radius 3 is 2.83 bits per heavy atom. The van der Waals surface area contributed by atoms with Crippen LogP contribution in [0.2, 0.25) is 0 Å². The van der Waals surface area contributed by atoms with Crippen molar-refractivity contribution in [3.63, 3.8) is 0 Å². The molecule has 124 valence electrons. The van der Waals surface area contributed by atoms with E-state index < -0.39 is 0 Å². The highest BCUT2D eigenvalue weighted by atomic mass is 16.1. The van der Waals surface area contributed by atoms with E-state index in [0.29, 0.717) is 12.5 Å². The molecule has 0 bridgehead atoms. The number of carbonyl (C=O) groups is 1. The van der Waals surface area contributed by atoms with Gasteiger partial charge in [-0.25, -0.2) is 0 Å². The fourth-order valence-corrected chi connectivity index (χ4v) is 3.44. The van der Waals surface area contributed by atoms with Crippen molar-refractivity contribution in [1.82, 2.24) is 15.6 Å². The lowest BCUT2D eigenvalue weighted by atomic mass is 9.95. The van der Waals surface area contributed by atoms with Gasteiger partial charge >= 0.3 is 0 Å². The summed E-state index contributed by atoms with van der Waals surface area (Å²) in [5, 5.41) is 7.84. The summed E-state index contributed by atoms with van der Waals surface area (Å²) in [6.45, 7) is 1.65. The molecule has 0 saturated heterocycles. The highest BCUT2D eigenvalue weighted by Crippen LogP contribution is 2.18. The molecule has 2 aromatic rings. The summed E-state index contributed by atoms with van der Waals surface area (Å²) in [7, 11) is 0. The molecule has 0 radical (unpaired) electrons. The zero-order chi connectivity index (χ0) is 15.9. The van der Waals surface area contributed by atoms with Crippen molar-refractivity contribution in [3.8, 4) is 0 Å². The van der Waals surface area contributed by atoms with Crippen LogP contribution in [-0.2, 0) is 11.2 Å². The van der Waals surface area contributed by atoms with Crippen molar-refractivity contribution in [2.45, 2.75) is 51.0 Å². The number of fused-ring (bicyclic) bond motifs is 1. The van der Waals surface area contributed by atoms with Crippen LogP contribution < -0.4 is 10.6 Å². The number of nitrogens with one attached hydrogen (secondary N) is 3. The molecule has 1 saturated carbocycles. The number of carbonyl (C=O) groups excluding carboxylic acids is 1. The second-order valence-electron chi connectivity index (χ2n) is 6.51. The predicted octanol–water partition coefficient (Wildman–Crippen LogP) is 3.14. The Hall–Kier alpha value is -1.81. The standard InChI is InChI=1S/C19H27N3O/c23-19(22-16-6-2-1-3-7-16)11-13-20-12-10-15-14-21-18-9-5-4-8-17(15)18/h4-5,8-9,14,16,20-21H,1-3,6-7,10-13H2,(H,22,23). The molecule has 0 spiro atoms. The molecule has 0 unspecified atom stereocenters. The molecule has 0 aliphatic heterocycles. The summed E-state index contributed by atoms with van der Waals surface area (Å²) in [6.07, 6.45) is 9.78. The van der Waals surface area contributed by atoms with E-state index in [9.17, 15) is 4.79 Å². The smallest absolute Gasteiger partial charge is 0.221 e. The summed E-state index contributed by atoms with van der Waals surface area (Å²) in [5.41, 5.74) is 2.52. The van der Waals surface area contributed by atoms with E-state index in [1.807, 2.05) is 6.07 Å². The van der Waals surface area contributed by atoms with Gasteiger partial charge in [0.15, 0.2) is 0 Å². The first-order valence-electron chi connectivity index (χ1n) is 8.88. The van der Waals surface area contributed by atoms with Crippen molar-refractivity contribution in [1.29, 1.82) is 0 Å². The van der Waals surface area contributed by atoms with Crippen LogP contribution in [0.1, 0.15) is 44.1 Å². The van der Waals surface area contributed by atoms with Crippen LogP contribution in [0.3, 0.4) is 0 Å². The van der Waals surface area contributed by atoms with Gasteiger partial charge in [-0.2, -0.15) is 0 Å². The van der Waals surface area contributed by atoms with Gasteiger partial charge < -0.3 is 15.6 Å². The normalized spacial score (nSPS) is 15.8. The lowest BCUT2D eigenvalue weighted by molar-refractivity contribution is -0.121. The first-order chi connectivity index (χ1) is 11.3. The number of hydrogen-bond acceptors (Lipinski definition) is 2. The second-order valence-corrected chi connectivity index (χ2v) is 6.51. The number of amides is 1.